The fraction of sp³-hybridized carbons (Fsp3) is 0.476. The van der Waals surface area contributed by atoms with E-state index < -0.39 is 0 Å². The molecule has 0 aliphatic carbocycles. The molecule has 1 aliphatic heterocycles. The minimum atomic E-state index is -0.343. The molecule has 8 heteroatoms. The number of amides is 2. The molecule has 0 atom stereocenters. The van der Waals surface area contributed by atoms with Gasteiger partial charge >= 0.3 is 0 Å². The quantitative estimate of drug-likeness (QED) is 0.664. The number of nitrogens with zero attached hydrogens (tertiary/aromatic N) is 3. The average Bonchev–Trinajstić information content (AvgIpc) is 3.11. The highest BCUT2D eigenvalue weighted by Gasteiger charge is 2.27. The van der Waals surface area contributed by atoms with Crippen LogP contribution in [0.5, 0.6) is 5.75 Å². The van der Waals surface area contributed by atoms with Crippen LogP contribution in [-0.4, -0.2) is 60.6 Å². The first kappa shape index (κ1) is 20.9. The number of carbonyl (C=O) groups is 2. The molecular formula is C21H29N5O3. The number of benzene rings is 1. The van der Waals surface area contributed by atoms with Gasteiger partial charge in [0.1, 0.15) is 11.4 Å². The molecule has 0 radical (unpaired) electrons. The molecule has 0 saturated heterocycles. The average molecular weight is 399 g/mol. The Morgan fingerprint density at radius 3 is 2.76 bits per heavy atom. The Morgan fingerprint density at radius 1 is 1.21 bits per heavy atom. The number of para-hydroxylation sites is 2. The second-order valence-electron chi connectivity index (χ2n) is 7.41. The predicted octanol–water partition coefficient (Wildman–Crippen LogP) is 2.16. The predicted molar refractivity (Wildman–Crippen MR) is 112 cm³/mol. The number of ether oxygens (including phenoxy) is 1. The van der Waals surface area contributed by atoms with Crippen molar-refractivity contribution in [3.05, 3.63) is 41.5 Å². The Morgan fingerprint density at radius 2 is 2.00 bits per heavy atom. The normalized spacial score (nSPS) is 13.1. The summed E-state index contributed by atoms with van der Waals surface area (Å²) in [7, 11) is 5.56. The van der Waals surface area contributed by atoms with Crippen molar-refractivity contribution >= 4 is 17.5 Å². The van der Waals surface area contributed by atoms with Crippen molar-refractivity contribution in [3.8, 4) is 5.75 Å². The Bertz CT molecular complexity index is 875. The molecule has 0 spiro atoms. The molecule has 0 fully saturated rings. The Balaban J connectivity index is 1.79. The summed E-state index contributed by atoms with van der Waals surface area (Å²) in [6, 6.07) is 7.22. The first-order valence-electron chi connectivity index (χ1n) is 9.98. The smallest absolute Gasteiger partial charge is 0.291 e. The third kappa shape index (κ3) is 4.95. The van der Waals surface area contributed by atoms with E-state index in [9.17, 15) is 9.59 Å². The lowest BCUT2D eigenvalue weighted by Crippen LogP contribution is -2.28. The van der Waals surface area contributed by atoms with Crippen molar-refractivity contribution in [2.75, 3.05) is 39.6 Å². The lowest BCUT2D eigenvalue weighted by atomic mass is 10.1. The van der Waals surface area contributed by atoms with Crippen LogP contribution in [0.1, 0.15) is 46.1 Å². The highest BCUT2D eigenvalue weighted by Crippen LogP contribution is 2.25. The first-order chi connectivity index (χ1) is 14.0. The summed E-state index contributed by atoms with van der Waals surface area (Å²) in [6.45, 7) is 2.16. The van der Waals surface area contributed by atoms with Gasteiger partial charge in [-0.1, -0.05) is 12.1 Å². The maximum Gasteiger partial charge on any atom is 0.291 e. The topological polar surface area (TPSA) is 88.5 Å². The van der Waals surface area contributed by atoms with Crippen molar-refractivity contribution < 1.29 is 14.3 Å². The van der Waals surface area contributed by atoms with Crippen LogP contribution in [0.15, 0.2) is 24.3 Å². The van der Waals surface area contributed by atoms with Crippen LogP contribution in [0.2, 0.25) is 0 Å². The molecule has 1 aliphatic rings. The summed E-state index contributed by atoms with van der Waals surface area (Å²) < 4.78 is 7.18. The number of carbonyl (C=O) groups excluding carboxylic acids is 2. The molecule has 0 saturated carbocycles. The highest BCUT2D eigenvalue weighted by atomic mass is 16.5. The minimum Gasteiger partial charge on any atom is -0.495 e. The molecule has 0 unspecified atom stereocenters. The van der Waals surface area contributed by atoms with Crippen molar-refractivity contribution in [2.45, 2.75) is 32.2 Å². The molecule has 2 N–H and O–H groups in total. The lowest BCUT2D eigenvalue weighted by Gasteiger charge is -2.17. The van der Waals surface area contributed by atoms with Gasteiger partial charge < -0.3 is 24.8 Å². The number of rotatable bonds is 8. The summed E-state index contributed by atoms with van der Waals surface area (Å²) in [5, 5.41) is 5.79. The summed E-state index contributed by atoms with van der Waals surface area (Å²) in [5.41, 5.74) is 1.77. The van der Waals surface area contributed by atoms with E-state index in [4.69, 9.17) is 4.74 Å². The van der Waals surface area contributed by atoms with E-state index in [-0.39, 0.29) is 17.6 Å². The van der Waals surface area contributed by atoms with Gasteiger partial charge in [0.15, 0.2) is 5.82 Å². The number of aromatic nitrogens is 2. The minimum absolute atomic E-state index is 0.217. The number of hydrogen-bond donors (Lipinski definition) is 2. The Kier molecular flexibility index (Phi) is 6.87. The SMILES string of the molecule is COc1ccccc1NC(=O)c1nc(C(=O)NCCCN(C)C)c2n1CCCC2. The number of anilines is 1. The number of imidazole rings is 1. The van der Waals surface area contributed by atoms with Gasteiger partial charge in [-0.3, -0.25) is 9.59 Å². The van der Waals surface area contributed by atoms with Crippen molar-refractivity contribution in [2.24, 2.45) is 0 Å². The van der Waals surface area contributed by atoms with Gasteiger partial charge in [-0.05, 0) is 58.5 Å². The summed E-state index contributed by atoms with van der Waals surface area (Å²) in [6.07, 6.45) is 3.55. The molecule has 1 aromatic heterocycles. The van der Waals surface area contributed by atoms with Crippen LogP contribution in [-0.2, 0) is 13.0 Å². The zero-order valence-electron chi connectivity index (χ0n) is 17.3. The molecule has 2 heterocycles. The van der Waals surface area contributed by atoms with Crippen LogP contribution in [0, 0.1) is 0 Å². The summed E-state index contributed by atoms with van der Waals surface area (Å²) in [4.78, 5) is 32.2. The highest BCUT2D eigenvalue weighted by molar-refractivity contribution is 6.04. The second kappa shape index (κ2) is 9.56. The second-order valence-corrected chi connectivity index (χ2v) is 7.41. The summed E-state index contributed by atoms with van der Waals surface area (Å²) in [5.74, 6) is 0.282. The lowest BCUT2D eigenvalue weighted by molar-refractivity contribution is 0.0946. The van der Waals surface area contributed by atoms with Crippen LogP contribution >= 0.6 is 0 Å². The van der Waals surface area contributed by atoms with Gasteiger partial charge in [-0.2, -0.15) is 0 Å². The molecule has 2 aromatic rings. The maximum absolute atomic E-state index is 12.9. The zero-order valence-corrected chi connectivity index (χ0v) is 17.3. The van der Waals surface area contributed by atoms with E-state index in [1.165, 1.54) is 0 Å². The third-order valence-electron chi connectivity index (χ3n) is 4.96. The van der Waals surface area contributed by atoms with Gasteiger partial charge in [0, 0.05) is 13.1 Å². The molecular weight excluding hydrogens is 370 g/mol. The first-order valence-corrected chi connectivity index (χ1v) is 9.98. The van der Waals surface area contributed by atoms with Crippen LogP contribution < -0.4 is 15.4 Å². The fourth-order valence-electron chi connectivity index (χ4n) is 3.51. The number of fused-ring (bicyclic) bond motifs is 1. The fourth-order valence-corrected chi connectivity index (χ4v) is 3.51. The van der Waals surface area contributed by atoms with E-state index in [0.29, 0.717) is 30.2 Å². The zero-order chi connectivity index (χ0) is 20.8. The van der Waals surface area contributed by atoms with Crippen LogP contribution in [0.4, 0.5) is 5.69 Å². The number of hydrogen-bond acceptors (Lipinski definition) is 5. The monoisotopic (exact) mass is 399 g/mol. The molecule has 2 amide bonds. The molecule has 1 aromatic carbocycles. The van der Waals surface area contributed by atoms with Gasteiger partial charge in [0.05, 0.1) is 18.5 Å². The Labute approximate surface area is 171 Å². The number of methoxy groups -OCH3 is 1. The van der Waals surface area contributed by atoms with Gasteiger partial charge in [-0.15, -0.1) is 0 Å². The third-order valence-corrected chi connectivity index (χ3v) is 4.96. The summed E-state index contributed by atoms with van der Waals surface area (Å²) >= 11 is 0. The Hall–Kier alpha value is -2.87. The standard InChI is InChI=1S/C21H29N5O3/c1-25(2)13-8-12-22-20(27)18-16-10-6-7-14-26(16)19(24-18)21(28)23-15-9-4-5-11-17(15)29-3/h4-5,9,11H,6-8,10,12-14H2,1-3H3,(H,22,27)(H,23,28). The largest absolute Gasteiger partial charge is 0.495 e. The van der Waals surface area contributed by atoms with Crippen LogP contribution in [0.25, 0.3) is 0 Å². The van der Waals surface area contributed by atoms with Gasteiger partial charge in [-0.25, -0.2) is 4.98 Å². The van der Waals surface area contributed by atoms with Gasteiger partial charge in [0.25, 0.3) is 11.8 Å². The molecule has 0 bridgehead atoms. The van der Waals surface area contributed by atoms with E-state index in [2.05, 4.69) is 20.5 Å². The van der Waals surface area contributed by atoms with Crippen molar-refractivity contribution in [1.29, 1.82) is 0 Å². The maximum atomic E-state index is 12.9. The molecule has 156 valence electrons. The molecule has 29 heavy (non-hydrogen) atoms. The molecule has 3 rings (SSSR count). The van der Waals surface area contributed by atoms with E-state index in [0.717, 1.165) is 37.9 Å². The van der Waals surface area contributed by atoms with Gasteiger partial charge in [0.2, 0.25) is 0 Å². The molecule has 8 nitrogen and oxygen atoms in total. The van der Waals surface area contributed by atoms with E-state index in [1.54, 1.807) is 19.2 Å². The van der Waals surface area contributed by atoms with E-state index >= 15 is 0 Å². The van der Waals surface area contributed by atoms with Crippen molar-refractivity contribution in [3.63, 3.8) is 0 Å². The van der Waals surface area contributed by atoms with Crippen molar-refractivity contribution in [1.82, 2.24) is 19.8 Å². The number of nitrogens with one attached hydrogen (secondary N) is 2. The van der Waals surface area contributed by atoms with Crippen LogP contribution in [0.3, 0.4) is 0 Å². The van der Waals surface area contributed by atoms with E-state index in [1.807, 2.05) is 30.8 Å².